The predicted molar refractivity (Wildman–Crippen MR) is 102 cm³/mol. The lowest BCUT2D eigenvalue weighted by molar-refractivity contribution is 0.421. The molecule has 0 radical (unpaired) electrons. The van der Waals surface area contributed by atoms with Gasteiger partial charge >= 0.3 is 0 Å². The van der Waals surface area contributed by atoms with Crippen molar-refractivity contribution in [1.29, 1.82) is 0 Å². The summed E-state index contributed by atoms with van der Waals surface area (Å²) in [5, 5.41) is 11.7. The molecule has 26 heavy (non-hydrogen) atoms. The first-order valence-electron chi connectivity index (χ1n) is 8.54. The second-order valence-electron chi connectivity index (χ2n) is 6.42. The largest absolute Gasteiger partial charge is 0.494 e. The number of rotatable bonds is 3. The topological polar surface area (TPSA) is 77.0 Å². The molecule has 4 aromatic rings. The van der Waals surface area contributed by atoms with E-state index < -0.39 is 5.95 Å². The van der Waals surface area contributed by atoms with E-state index in [1.54, 1.807) is 42.0 Å². The number of aromatic hydroxyl groups is 1. The zero-order valence-corrected chi connectivity index (χ0v) is 14.6. The Kier molecular flexibility index (Phi) is 3.76. The maximum absolute atomic E-state index is 14.4. The Morgan fingerprint density at radius 3 is 2.69 bits per heavy atom. The second kappa shape index (κ2) is 5.98. The van der Waals surface area contributed by atoms with E-state index in [1.165, 1.54) is 0 Å². The van der Waals surface area contributed by atoms with Crippen LogP contribution in [0.5, 0.6) is 5.88 Å². The van der Waals surface area contributed by atoms with Gasteiger partial charge in [-0.05, 0) is 25.5 Å². The molecule has 0 aliphatic carbocycles. The summed E-state index contributed by atoms with van der Waals surface area (Å²) in [6.45, 7) is 4.44. The lowest BCUT2D eigenvalue weighted by Crippen LogP contribution is -1.96. The molecule has 0 aliphatic heterocycles. The molecule has 0 bridgehead atoms. The number of benzene rings is 1. The summed E-state index contributed by atoms with van der Waals surface area (Å²) in [6.07, 6.45) is 2.66. The number of aromatic nitrogens is 3. The van der Waals surface area contributed by atoms with Crippen molar-refractivity contribution in [1.82, 2.24) is 14.5 Å². The smallest absolute Gasteiger partial charge is 0.221 e. The number of pyridine rings is 2. The zero-order chi connectivity index (χ0) is 18.4. The van der Waals surface area contributed by atoms with Crippen LogP contribution in [0.25, 0.3) is 32.9 Å². The monoisotopic (exact) mass is 350 g/mol. The number of hydrogen-bond donors (Lipinski definition) is 2. The molecular weight excluding hydrogens is 331 g/mol. The highest BCUT2D eigenvalue weighted by Gasteiger charge is 2.18. The van der Waals surface area contributed by atoms with Gasteiger partial charge in [-0.25, -0.2) is 9.97 Å². The van der Waals surface area contributed by atoms with Crippen LogP contribution in [0.4, 0.5) is 10.1 Å². The fourth-order valence-electron chi connectivity index (χ4n) is 3.37. The molecule has 0 amide bonds. The number of anilines is 1. The Morgan fingerprint density at radius 1 is 1.15 bits per heavy atom. The highest BCUT2D eigenvalue weighted by atomic mass is 19.1. The number of halogens is 1. The first kappa shape index (κ1) is 16.3. The number of nitrogens with zero attached hydrogens (tertiary/aromatic N) is 3. The van der Waals surface area contributed by atoms with Gasteiger partial charge in [-0.15, -0.1) is 0 Å². The van der Waals surface area contributed by atoms with Crippen LogP contribution in [-0.4, -0.2) is 19.6 Å². The SMILES string of the molecule is CCCn1cc2nc3c(-c4ccc(C)nc4F)cccc3c(N)c2c1O. The van der Waals surface area contributed by atoms with Crippen molar-refractivity contribution in [2.24, 2.45) is 0 Å². The number of nitrogen functional groups attached to an aromatic ring is 1. The van der Waals surface area contributed by atoms with E-state index in [0.717, 1.165) is 6.42 Å². The van der Waals surface area contributed by atoms with Crippen molar-refractivity contribution in [3.05, 3.63) is 48.2 Å². The third kappa shape index (κ3) is 2.37. The van der Waals surface area contributed by atoms with Crippen molar-refractivity contribution < 1.29 is 9.50 Å². The van der Waals surface area contributed by atoms with Crippen LogP contribution in [0.15, 0.2) is 36.5 Å². The van der Waals surface area contributed by atoms with Crippen molar-refractivity contribution in [2.45, 2.75) is 26.8 Å². The summed E-state index contributed by atoms with van der Waals surface area (Å²) < 4.78 is 16.2. The molecule has 3 heterocycles. The van der Waals surface area contributed by atoms with Gasteiger partial charge in [0.25, 0.3) is 0 Å². The van der Waals surface area contributed by atoms with Gasteiger partial charge < -0.3 is 15.4 Å². The summed E-state index contributed by atoms with van der Waals surface area (Å²) >= 11 is 0. The molecule has 0 unspecified atom stereocenters. The molecule has 0 atom stereocenters. The highest BCUT2D eigenvalue weighted by molar-refractivity contribution is 6.12. The fraction of sp³-hybridized carbons (Fsp3) is 0.200. The summed E-state index contributed by atoms with van der Waals surface area (Å²) in [7, 11) is 0. The molecule has 0 fully saturated rings. The number of para-hydroxylation sites is 1. The minimum atomic E-state index is -0.538. The Labute approximate surface area is 149 Å². The molecule has 3 aromatic heterocycles. The molecule has 3 N–H and O–H groups in total. The highest BCUT2D eigenvalue weighted by Crippen LogP contribution is 2.39. The van der Waals surface area contributed by atoms with Gasteiger partial charge in [0.1, 0.15) is 0 Å². The van der Waals surface area contributed by atoms with Gasteiger partial charge in [-0.2, -0.15) is 4.39 Å². The first-order chi connectivity index (χ1) is 12.5. The van der Waals surface area contributed by atoms with Gasteiger partial charge in [0.15, 0.2) is 0 Å². The molecule has 132 valence electrons. The third-order valence-corrected chi connectivity index (χ3v) is 4.60. The third-order valence-electron chi connectivity index (χ3n) is 4.60. The second-order valence-corrected chi connectivity index (χ2v) is 6.42. The van der Waals surface area contributed by atoms with Gasteiger partial charge in [0, 0.05) is 34.9 Å². The molecule has 0 spiro atoms. The molecule has 0 saturated carbocycles. The number of nitrogens with two attached hydrogens (primary N) is 1. The van der Waals surface area contributed by atoms with Crippen LogP contribution in [0, 0.1) is 12.9 Å². The Hall–Kier alpha value is -3.15. The van der Waals surface area contributed by atoms with Gasteiger partial charge in [0.2, 0.25) is 11.8 Å². The molecule has 6 heteroatoms. The van der Waals surface area contributed by atoms with Gasteiger partial charge in [-0.1, -0.05) is 25.1 Å². The fourth-order valence-corrected chi connectivity index (χ4v) is 3.37. The van der Waals surface area contributed by atoms with Gasteiger partial charge in [0.05, 0.1) is 22.1 Å². The first-order valence-corrected chi connectivity index (χ1v) is 8.54. The maximum atomic E-state index is 14.4. The number of hydrogen-bond acceptors (Lipinski definition) is 4. The van der Waals surface area contributed by atoms with Crippen molar-refractivity contribution in [2.75, 3.05) is 5.73 Å². The number of fused-ring (bicyclic) bond motifs is 2. The molecule has 5 nitrogen and oxygen atoms in total. The summed E-state index contributed by atoms with van der Waals surface area (Å²) in [6, 6.07) is 8.91. The van der Waals surface area contributed by atoms with E-state index in [-0.39, 0.29) is 5.88 Å². The molecule has 0 saturated heterocycles. The average molecular weight is 350 g/mol. The van der Waals surface area contributed by atoms with Crippen LogP contribution < -0.4 is 5.73 Å². The van der Waals surface area contributed by atoms with E-state index >= 15 is 0 Å². The summed E-state index contributed by atoms with van der Waals surface area (Å²) in [4.78, 5) is 8.60. The van der Waals surface area contributed by atoms with E-state index in [1.807, 2.05) is 13.0 Å². The minimum Gasteiger partial charge on any atom is -0.494 e. The Morgan fingerprint density at radius 2 is 1.96 bits per heavy atom. The van der Waals surface area contributed by atoms with Crippen LogP contribution in [0.1, 0.15) is 19.0 Å². The molecular formula is C20H19FN4O. The van der Waals surface area contributed by atoms with Crippen LogP contribution in [-0.2, 0) is 6.54 Å². The Balaban J connectivity index is 2.06. The van der Waals surface area contributed by atoms with Crippen LogP contribution in [0.2, 0.25) is 0 Å². The van der Waals surface area contributed by atoms with Crippen LogP contribution in [0.3, 0.4) is 0 Å². The zero-order valence-electron chi connectivity index (χ0n) is 14.6. The number of aryl methyl sites for hydroxylation is 2. The van der Waals surface area contributed by atoms with E-state index in [2.05, 4.69) is 9.97 Å². The average Bonchev–Trinajstić information content (AvgIpc) is 2.91. The predicted octanol–water partition coefficient (Wildman–Crippen LogP) is 4.40. The minimum absolute atomic E-state index is 0.113. The van der Waals surface area contributed by atoms with E-state index in [4.69, 9.17) is 5.73 Å². The van der Waals surface area contributed by atoms with E-state index in [9.17, 15) is 9.50 Å². The van der Waals surface area contributed by atoms with Crippen molar-refractivity contribution in [3.63, 3.8) is 0 Å². The quantitative estimate of drug-likeness (QED) is 0.537. The maximum Gasteiger partial charge on any atom is 0.221 e. The Bertz CT molecular complexity index is 1150. The molecule has 0 aliphatic rings. The lowest BCUT2D eigenvalue weighted by Gasteiger charge is -2.10. The molecule has 4 rings (SSSR count). The summed E-state index contributed by atoms with van der Waals surface area (Å²) in [5.41, 5.74) is 9.60. The normalized spacial score (nSPS) is 11.5. The standard InChI is InChI=1S/C20H19FN4O/c1-3-9-25-10-15-16(20(25)26)17(22)14-6-4-5-12(18(14)24-15)13-8-7-11(2)23-19(13)21/h4-8,10,26H,3,9,22H2,1-2H3. The van der Waals surface area contributed by atoms with Crippen molar-refractivity contribution in [3.8, 4) is 17.0 Å². The van der Waals surface area contributed by atoms with Crippen molar-refractivity contribution >= 4 is 27.5 Å². The molecule has 1 aromatic carbocycles. The summed E-state index contributed by atoms with van der Waals surface area (Å²) in [5.74, 6) is -0.424. The van der Waals surface area contributed by atoms with E-state index in [0.29, 0.717) is 50.9 Å². The lowest BCUT2D eigenvalue weighted by atomic mass is 10.0. The van der Waals surface area contributed by atoms with Crippen LogP contribution >= 0.6 is 0 Å². The van der Waals surface area contributed by atoms with Gasteiger partial charge in [-0.3, -0.25) is 0 Å².